The average molecular weight is 313 g/mol. The van der Waals surface area contributed by atoms with Crippen molar-refractivity contribution in [2.45, 2.75) is 6.42 Å². The Hall–Kier alpha value is -2.59. The minimum Gasteiger partial charge on any atom is -0.463 e. The van der Waals surface area contributed by atoms with Gasteiger partial charge in [0, 0.05) is 23.2 Å². The van der Waals surface area contributed by atoms with Crippen LogP contribution in [-0.2, 0) is 6.42 Å². The van der Waals surface area contributed by atoms with Gasteiger partial charge in [-0.2, -0.15) is 9.78 Å². The molecule has 0 saturated carbocycles. The number of rotatable bonds is 3. The first-order valence-corrected chi connectivity index (χ1v) is 7.13. The van der Waals surface area contributed by atoms with Gasteiger partial charge in [-0.25, -0.2) is 4.79 Å². The van der Waals surface area contributed by atoms with Crippen molar-refractivity contribution >= 4 is 17.7 Å². The van der Waals surface area contributed by atoms with Crippen molar-refractivity contribution in [3.05, 3.63) is 77.1 Å². The Balaban J connectivity index is 2.04. The van der Waals surface area contributed by atoms with Crippen LogP contribution in [0.5, 0.6) is 0 Å². The molecule has 0 atom stereocenters. The van der Waals surface area contributed by atoms with Gasteiger partial charge in [0.2, 0.25) is 0 Å². The quantitative estimate of drug-likeness (QED) is 0.783. The summed E-state index contributed by atoms with van der Waals surface area (Å²) in [7, 11) is 0. The Bertz CT molecular complexity index is 795. The fourth-order valence-electron chi connectivity index (χ4n) is 2.30. The number of aromatic nitrogens is 2. The lowest BCUT2D eigenvalue weighted by molar-refractivity contribution is 0.192. The second-order valence-corrected chi connectivity index (χ2v) is 5.32. The van der Waals surface area contributed by atoms with Crippen LogP contribution in [-0.4, -0.2) is 21.0 Å². The van der Waals surface area contributed by atoms with Gasteiger partial charge in [0.1, 0.15) is 0 Å². The Morgan fingerprint density at radius 3 is 2.41 bits per heavy atom. The number of hydrogen-bond acceptors (Lipinski definition) is 2. The van der Waals surface area contributed by atoms with Gasteiger partial charge in [-0.05, 0) is 23.3 Å². The summed E-state index contributed by atoms with van der Waals surface area (Å²) in [5.41, 5.74) is 3.48. The lowest BCUT2D eigenvalue weighted by Crippen LogP contribution is -2.08. The van der Waals surface area contributed by atoms with E-state index < -0.39 is 6.09 Å². The van der Waals surface area contributed by atoms with Crippen molar-refractivity contribution < 1.29 is 9.90 Å². The summed E-state index contributed by atoms with van der Waals surface area (Å²) < 4.78 is 0.947. The molecule has 0 radical (unpaired) electrons. The Morgan fingerprint density at radius 1 is 1.09 bits per heavy atom. The Morgan fingerprint density at radius 2 is 1.77 bits per heavy atom. The summed E-state index contributed by atoms with van der Waals surface area (Å²) in [5.74, 6) is 0. The fraction of sp³-hybridized carbons (Fsp3) is 0.0588. The van der Waals surface area contributed by atoms with Crippen molar-refractivity contribution in [3.63, 3.8) is 0 Å². The molecule has 0 amide bonds. The van der Waals surface area contributed by atoms with Crippen LogP contribution in [0, 0.1) is 0 Å². The van der Waals surface area contributed by atoms with Crippen molar-refractivity contribution in [2.75, 3.05) is 0 Å². The molecule has 0 spiro atoms. The molecule has 0 aliphatic heterocycles. The number of carbonyl (C=O) groups is 1. The largest absolute Gasteiger partial charge is 0.463 e. The van der Waals surface area contributed by atoms with E-state index in [0.29, 0.717) is 11.4 Å². The molecular weight excluding hydrogens is 300 g/mol. The molecule has 0 unspecified atom stereocenters. The smallest absolute Gasteiger partial charge is 0.432 e. The topological polar surface area (TPSA) is 55.1 Å². The summed E-state index contributed by atoms with van der Waals surface area (Å²) in [4.78, 5) is 11.2. The van der Waals surface area contributed by atoms with Crippen LogP contribution in [0.4, 0.5) is 4.79 Å². The van der Waals surface area contributed by atoms with E-state index in [1.54, 1.807) is 12.1 Å². The highest BCUT2D eigenvalue weighted by Crippen LogP contribution is 2.26. The van der Waals surface area contributed by atoms with Crippen molar-refractivity contribution in [3.8, 4) is 11.1 Å². The molecule has 3 rings (SSSR count). The van der Waals surface area contributed by atoms with E-state index in [-0.39, 0.29) is 0 Å². The van der Waals surface area contributed by atoms with Gasteiger partial charge in [-0.15, -0.1) is 0 Å². The van der Waals surface area contributed by atoms with E-state index in [1.165, 1.54) is 6.20 Å². The van der Waals surface area contributed by atoms with Gasteiger partial charge in [-0.1, -0.05) is 54.1 Å². The maximum Gasteiger partial charge on any atom is 0.432 e. The van der Waals surface area contributed by atoms with Crippen molar-refractivity contribution in [1.29, 1.82) is 0 Å². The highest BCUT2D eigenvalue weighted by molar-refractivity contribution is 6.30. The molecule has 3 aromatic rings. The van der Waals surface area contributed by atoms with Crippen LogP contribution < -0.4 is 0 Å². The Labute approximate surface area is 132 Å². The number of benzene rings is 2. The number of carboxylic acid groups (broad SMARTS) is 1. The highest BCUT2D eigenvalue weighted by atomic mass is 35.5. The SMILES string of the molecule is O=C(O)n1cc(-c2ccc(Cl)cc2)c(Cc2ccccc2)n1. The molecule has 0 bridgehead atoms. The molecule has 1 aromatic heterocycles. The van der Waals surface area contributed by atoms with Crippen LogP contribution in [0.15, 0.2) is 60.8 Å². The van der Waals surface area contributed by atoms with E-state index in [4.69, 9.17) is 16.7 Å². The van der Waals surface area contributed by atoms with Gasteiger partial charge >= 0.3 is 6.09 Å². The molecule has 5 heteroatoms. The summed E-state index contributed by atoms with van der Waals surface area (Å²) in [6.07, 6.45) is 0.998. The number of halogens is 1. The molecule has 2 aromatic carbocycles. The molecular formula is C17H13ClN2O2. The second kappa shape index (κ2) is 6.03. The van der Waals surface area contributed by atoms with Crippen LogP contribution in [0.1, 0.15) is 11.3 Å². The third-order valence-corrected chi connectivity index (χ3v) is 3.61. The molecule has 1 heterocycles. The molecule has 0 aliphatic rings. The first kappa shape index (κ1) is 14.4. The zero-order valence-electron chi connectivity index (χ0n) is 11.6. The average Bonchev–Trinajstić information content (AvgIpc) is 2.93. The number of nitrogens with zero attached hydrogens (tertiary/aromatic N) is 2. The maximum atomic E-state index is 11.2. The van der Waals surface area contributed by atoms with Gasteiger partial charge in [0.25, 0.3) is 0 Å². The van der Waals surface area contributed by atoms with E-state index in [2.05, 4.69) is 5.10 Å². The third-order valence-electron chi connectivity index (χ3n) is 3.36. The molecule has 0 fully saturated rings. The van der Waals surface area contributed by atoms with E-state index >= 15 is 0 Å². The fourth-order valence-corrected chi connectivity index (χ4v) is 2.42. The second-order valence-electron chi connectivity index (χ2n) is 4.89. The lowest BCUT2D eigenvalue weighted by atomic mass is 10.0. The molecule has 0 saturated heterocycles. The molecule has 110 valence electrons. The van der Waals surface area contributed by atoms with Crippen LogP contribution in [0.3, 0.4) is 0 Å². The summed E-state index contributed by atoms with van der Waals surface area (Å²) in [6.45, 7) is 0. The van der Waals surface area contributed by atoms with Gasteiger partial charge in [0.05, 0.1) is 5.69 Å². The van der Waals surface area contributed by atoms with Crippen molar-refractivity contribution in [2.24, 2.45) is 0 Å². The Kier molecular flexibility index (Phi) is 3.94. The summed E-state index contributed by atoms with van der Waals surface area (Å²) >= 11 is 5.91. The number of hydrogen-bond donors (Lipinski definition) is 1. The van der Waals surface area contributed by atoms with Crippen LogP contribution in [0.25, 0.3) is 11.1 Å². The molecule has 22 heavy (non-hydrogen) atoms. The zero-order chi connectivity index (χ0) is 15.5. The molecule has 1 N–H and O–H groups in total. The summed E-state index contributed by atoms with van der Waals surface area (Å²) in [6, 6.07) is 17.1. The van der Waals surface area contributed by atoms with Crippen LogP contribution >= 0.6 is 11.6 Å². The maximum absolute atomic E-state index is 11.2. The minimum atomic E-state index is -1.10. The van der Waals surface area contributed by atoms with Gasteiger partial charge in [0.15, 0.2) is 0 Å². The van der Waals surface area contributed by atoms with Crippen molar-refractivity contribution in [1.82, 2.24) is 9.78 Å². The van der Waals surface area contributed by atoms with E-state index in [0.717, 1.165) is 27.1 Å². The predicted molar refractivity (Wildman–Crippen MR) is 85.3 cm³/mol. The molecule has 4 nitrogen and oxygen atoms in total. The van der Waals surface area contributed by atoms with Gasteiger partial charge < -0.3 is 5.11 Å². The highest BCUT2D eigenvalue weighted by Gasteiger charge is 2.14. The standard InChI is InChI=1S/C17H13ClN2O2/c18-14-8-6-13(7-9-14)15-11-20(17(21)22)19-16(15)10-12-4-2-1-3-5-12/h1-9,11H,10H2,(H,21,22). The predicted octanol–water partition coefficient (Wildman–Crippen LogP) is 4.32. The van der Waals surface area contributed by atoms with Crippen LogP contribution in [0.2, 0.25) is 5.02 Å². The first-order chi connectivity index (χ1) is 10.6. The monoisotopic (exact) mass is 312 g/mol. The minimum absolute atomic E-state index is 0.569. The van der Waals surface area contributed by atoms with E-state index in [9.17, 15) is 4.79 Å². The summed E-state index contributed by atoms with van der Waals surface area (Å²) in [5, 5.41) is 14.0. The zero-order valence-corrected chi connectivity index (χ0v) is 12.4. The normalized spacial score (nSPS) is 10.6. The molecule has 0 aliphatic carbocycles. The van der Waals surface area contributed by atoms with Gasteiger partial charge in [-0.3, -0.25) is 0 Å². The lowest BCUT2D eigenvalue weighted by Gasteiger charge is -2.03. The van der Waals surface area contributed by atoms with E-state index in [1.807, 2.05) is 42.5 Å². The first-order valence-electron chi connectivity index (χ1n) is 6.75. The third kappa shape index (κ3) is 3.02.